The number of benzene rings is 2. The molecule has 0 spiro atoms. The van der Waals surface area contributed by atoms with Gasteiger partial charge in [0, 0.05) is 30.6 Å². The maximum Gasteiger partial charge on any atom is 0.226 e. The van der Waals surface area contributed by atoms with Gasteiger partial charge in [-0.15, -0.1) is 0 Å². The van der Waals surface area contributed by atoms with E-state index in [2.05, 4.69) is 77.0 Å². The first-order chi connectivity index (χ1) is 18.8. The minimum absolute atomic E-state index is 0.150. The summed E-state index contributed by atoms with van der Waals surface area (Å²) in [5.41, 5.74) is 7.98. The van der Waals surface area contributed by atoms with Gasteiger partial charge >= 0.3 is 0 Å². The lowest BCUT2D eigenvalue weighted by Gasteiger charge is -2.28. The van der Waals surface area contributed by atoms with E-state index in [0.717, 1.165) is 22.6 Å². The molecule has 0 bridgehead atoms. The van der Waals surface area contributed by atoms with E-state index in [4.69, 9.17) is 12.2 Å². The predicted molar refractivity (Wildman–Crippen MR) is 157 cm³/mol. The number of anilines is 1. The van der Waals surface area contributed by atoms with Crippen LogP contribution in [0.1, 0.15) is 52.3 Å². The largest absolute Gasteiger partial charge is 0.352 e. The third-order valence-electron chi connectivity index (χ3n) is 7.38. The molecule has 1 saturated heterocycles. The molecule has 2 aromatic carbocycles. The number of carbonyl (C=O) groups excluding carboxylic acids is 1. The fourth-order valence-corrected chi connectivity index (χ4v) is 5.90. The highest BCUT2D eigenvalue weighted by atomic mass is 32.1. The molecular weight excluding hydrogens is 509 g/mol. The van der Waals surface area contributed by atoms with E-state index in [9.17, 15) is 9.18 Å². The molecule has 0 aliphatic carbocycles. The molecule has 2 atom stereocenters. The molecule has 4 aromatic rings. The number of aromatic nitrogens is 2. The van der Waals surface area contributed by atoms with Crippen LogP contribution in [0.4, 0.5) is 10.1 Å². The number of aryl methyl sites for hydroxylation is 3. The van der Waals surface area contributed by atoms with Gasteiger partial charge in [-0.05, 0) is 86.9 Å². The van der Waals surface area contributed by atoms with Gasteiger partial charge in [0.1, 0.15) is 5.82 Å². The fraction of sp³-hybridized carbons (Fsp3) is 0.258. The summed E-state index contributed by atoms with van der Waals surface area (Å²) < 4.78 is 16.4. The standard InChI is InChI=1S/C31H32FN5OS/c1-19-10-9-11-20(2)29(19)37-21(3)18-23(22(37)4)30-28(26-14-7-8-16-33-26)35-31(39)36(30)17-15-27(38)34-25-13-6-5-12-24(25)32/h5-14,16,18,28,30H,15,17H2,1-4H3,(H,34,38)(H,35,39)/t28-,30+/m1/s1. The number of pyridine rings is 1. The van der Waals surface area contributed by atoms with Crippen LogP contribution in [0.2, 0.25) is 0 Å². The van der Waals surface area contributed by atoms with Crippen LogP contribution in [0, 0.1) is 33.5 Å². The lowest BCUT2D eigenvalue weighted by atomic mass is 9.96. The Morgan fingerprint density at radius 2 is 1.74 bits per heavy atom. The van der Waals surface area contributed by atoms with Crippen molar-refractivity contribution in [2.24, 2.45) is 0 Å². The van der Waals surface area contributed by atoms with Gasteiger partial charge in [0.15, 0.2) is 5.11 Å². The molecule has 2 aromatic heterocycles. The van der Waals surface area contributed by atoms with Gasteiger partial charge in [0.2, 0.25) is 5.91 Å². The van der Waals surface area contributed by atoms with Crippen LogP contribution >= 0.6 is 12.2 Å². The maximum absolute atomic E-state index is 14.1. The zero-order valence-electron chi connectivity index (χ0n) is 22.5. The van der Waals surface area contributed by atoms with Crippen molar-refractivity contribution in [2.75, 3.05) is 11.9 Å². The molecule has 5 rings (SSSR count). The van der Waals surface area contributed by atoms with Crippen molar-refractivity contribution in [3.8, 4) is 5.69 Å². The number of hydrogen-bond donors (Lipinski definition) is 2. The molecule has 1 fully saturated rings. The average Bonchev–Trinajstić information content (AvgIpc) is 3.39. The predicted octanol–water partition coefficient (Wildman–Crippen LogP) is 6.25. The first-order valence-electron chi connectivity index (χ1n) is 13.0. The highest BCUT2D eigenvalue weighted by Gasteiger charge is 2.41. The van der Waals surface area contributed by atoms with Crippen molar-refractivity contribution in [1.29, 1.82) is 0 Å². The summed E-state index contributed by atoms with van der Waals surface area (Å²) in [6.07, 6.45) is 1.93. The summed E-state index contributed by atoms with van der Waals surface area (Å²) in [5.74, 6) is -0.736. The summed E-state index contributed by atoms with van der Waals surface area (Å²) in [4.78, 5) is 19.5. The first kappa shape index (κ1) is 26.6. The normalized spacial score (nSPS) is 16.8. The Kier molecular flexibility index (Phi) is 7.48. The molecule has 6 nitrogen and oxygen atoms in total. The van der Waals surface area contributed by atoms with E-state index in [0.29, 0.717) is 11.7 Å². The molecule has 0 unspecified atom stereocenters. The van der Waals surface area contributed by atoms with Gasteiger partial charge in [-0.25, -0.2) is 4.39 Å². The Balaban J connectivity index is 1.50. The van der Waals surface area contributed by atoms with Crippen molar-refractivity contribution >= 4 is 28.9 Å². The number of rotatable bonds is 7. The van der Waals surface area contributed by atoms with Crippen LogP contribution in [0.5, 0.6) is 0 Å². The molecule has 0 radical (unpaired) electrons. The highest BCUT2D eigenvalue weighted by molar-refractivity contribution is 7.80. The number of amides is 1. The number of halogens is 1. The molecule has 2 N–H and O–H groups in total. The van der Waals surface area contributed by atoms with E-state index in [1.54, 1.807) is 24.4 Å². The monoisotopic (exact) mass is 541 g/mol. The molecule has 8 heteroatoms. The molecule has 1 amide bonds. The average molecular weight is 542 g/mol. The Bertz CT molecular complexity index is 1510. The smallest absolute Gasteiger partial charge is 0.226 e. The molecule has 200 valence electrons. The van der Waals surface area contributed by atoms with Crippen LogP contribution in [-0.2, 0) is 4.79 Å². The third kappa shape index (κ3) is 5.16. The van der Waals surface area contributed by atoms with Crippen LogP contribution in [0.15, 0.2) is 72.9 Å². The van der Waals surface area contributed by atoms with E-state index >= 15 is 0 Å². The van der Waals surface area contributed by atoms with E-state index in [-0.39, 0.29) is 30.1 Å². The Labute approximate surface area is 233 Å². The number of hydrogen-bond acceptors (Lipinski definition) is 3. The zero-order valence-corrected chi connectivity index (χ0v) is 23.3. The quantitative estimate of drug-likeness (QED) is 0.271. The molecule has 3 heterocycles. The van der Waals surface area contributed by atoms with Gasteiger partial charge in [-0.1, -0.05) is 36.4 Å². The van der Waals surface area contributed by atoms with Gasteiger partial charge in [0.05, 0.1) is 29.2 Å². The fourth-order valence-electron chi connectivity index (χ4n) is 5.57. The lowest BCUT2D eigenvalue weighted by Crippen LogP contribution is -2.33. The van der Waals surface area contributed by atoms with E-state index in [1.807, 2.05) is 18.2 Å². The minimum atomic E-state index is -0.462. The van der Waals surface area contributed by atoms with Crippen molar-refractivity contribution in [2.45, 2.75) is 46.2 Å². The van der Waals surface area contributed by atoms with Crippen LogP contribution < -0.4 is 10.6 Å². The summed E-state index contributed by atoms with van der Waals surface area (Å²) >= 11 is 5.80. The van der Waals surface area contributed by atoms with Crippen LogP contribution in [0.25, 0.3) is 5.69 Å². The number of nitrogens with zero attached hydrogens (tertiary/aromatic N) is 3. The van der Waals surface area contributed by atoms with Crippen molar-refractivity contribution < 1.29 is 9.18 Å². The van der Waals surface area contributed by atoms with Gasteiger partial charge in [-0.2, -0.15) is 0 Å². The van der Waals surface area contributed by atoms with Gasteiger partial charge in [0.25, 0.3) is 0 Å². The number of thiocarbonyl (C=S) groups is 1. The second-order valence-electron chi connectivity index (χ2n) is 10.0. The number of carbonyl (C=O) groups is 1. The Hall–Kier alpha value is -4.04. The number of para-hydroxylation sites is 2. The molecule has 1 aliphatic rings. The molecule has 1 aliphatic heterocycles. The maximum atomic E-state index is 14.1. The van der Waals surface area contributed by atoms with E-state index < -0.39 is 5.82 Å². The SMILES string of the molecule is Cc1cccc(C)c1-n1c(C)cc([C@H]2[C@@H](c3ccccn3)NC(=S)N2CCC(=O)Nc2ccccc2F)c1C. The Morgan fingerprint density at radius 3 is 2.44 bits per heavy atom. The van der Waals surface area contributed by atoms with Gasteiger partial charge < -0.3 is 20.1 Å². The van der Waals surface area contributed by atoms with Gasteiger partial charge in [-0.3, -0.25) is 9.78 Å². The second kappa shape index (κ2) is 11.0. The lowest BCUT2D eigenvalue weighted by molar-refractivity contribution is -0.116. The van der Waals surface area contributed by atoms with Crippen molar-refractivity contribution in [1.82, 2.24) is 19.8 Å². The summed E-state index contributed by atoms with van der Waals surface area (Å²) in [5, 5.41) is 6.71. The zero-order chi connectivity index (χ0) is 27.7. The first-order valence-corrected chi connectivity index (χ1v) is 13.4. The minimum Gasteiger partial charge on any atom is -0.352 e. The van der Waals surface area contributed by atoms with Crippen molar-refractivity contribution in [3.63, 3.8) is 0 Å². The molecule has 0 saturated carbocycles. The van der Waals surface area contributed by atoms with Crippen LogP contribution in [0.3, 0.4) is 0 Å². The Morgan fingerprint density at radius 1 is 1.03 bits per heavy atom. The summed E-state index contributed by atoms with van der Waals surface area (Å²) in [6, 6.07) is 20.2. The summed E-state index contributed by atoms with van der Waals surface area (Å²) in [7, 11) is 0. The van der Waals surface area contributed by atoms with Crippen molar-refractivity contribution in [3.05, 3.63) is 113 Å². The second-order valence-corrected chi connectivity index (χ2v) is 10.4. The topological polar surface area (TPSA) is 62.2 Å². The number of nitrogens with one attached hydrogen (secondary N) is 2. The molecule has 39 heavy (non-hydrogen) atoms. The summed E-state index contributed by atoms with van der Waals surface area (Å²) in [6.45, 7) is 8.88. The van der Waals surface area contributed by atoms with Crippen LogP contribution in [-0.4, -0.2) is 32.0 Å². The molecular formula is C31H32FN5OS. The highest BCUT2D eigenvalue weighted by Crippen LogP contribution is 2.42. The van der Waals surface area contributed by atoms with E-state index in [1.165, 1.54) is 22.9 Å². The third-order valence-corrected chi connectivity index (χ3v) is 7.73.